The minimum absolute atomic E-state index is 0.0948. The fourth-order valence-electron chi connectivity index (χ4n) is 1.95. The van der Waals surface area contributed by atoms with Gasteiger partial charge in [0.25, 0.3) is 0 Å². The highest BCUT2D eigenvalue weighted by Crippen LogP contribution is 2.11. The van der Waals surface area contributed by atoms with E-state index < -0.39 is 0 Å². The number of nitrogens with zero attached hydrogens (tertiary/aromatic N) is 3. The molecule has 1 aromatic carbocycles. The lowest BCUT2D eigenvalue weighted by Gasteiger charge is -2.07. The average molecular weight is 303 g/mol. The normalized spacial score (nSPS) is 10.4. The number of rotatable bonds is 5. The number of carbonyl (C=O) groups is 1. The molecule has 21 heavy (non-hydrogen) atoms. The van der Waals surface area contributed by atoms with E-state index in [1.165, 1.54) is 0 Å². The zero-order valence-corrected chi connectivity index (χ0v) is 12.8. The second-order valence-corrected chi connectivity index (χ2v) is 5.11. The Kier molecular flexibility index (Phi) is 4.64. The number of hydrogen-bond acceptors (Lipinski definition) is 4. The number of nitrogens with one attached hydrogen (secondary N) is 1. The van der Waals surface area contributed by atoms with Crippen molar-refractivity contribution < 1.29 is 4.79 Å². The van der Waals surface area contributed by atoms with E-state index in [0.29, 0.717) is 29.5 Å². The van der Waals surface area contributed by atoms with E-state index >= 15 is 0 Å². The zero-order valence-electron chi connectivity index (χ0n) is 12.0. The quantitative estimate of drug-likeness (QED) is 0.819. The molecular weight excluding hydrogens is 286 g/mol. The topological polar surface area (TPSA) is 85.8 Å². The second-order valence-electron chi connectivity index (χ2n) is 4.67. The van der Waals surface area contributed by atoms with Crippen molar-refractivity contribution in [3.05, 3.63) is 41.5 Å². The van der Waals surface area contributed by atoms with Crippen molar-refractivity contribution in [3.8, 4) is 0 Å². The molecule has 110 valence electrons. The van der Waals surface area contributed by atoms with Gasteiger partial charge in [-0.05, 0) is 26.0 Å². The highest BCUT2D eigenvalue weighted by Gasteiger charge is 2.07. The lowest BCUT2D eigenvalue weighted by molar-refractivity contribution is -0.116. The van der Waals surface area contributed by atoms with Crippen LogP contribution in [0.4, 0.5) is 5.69 Å². The van der Waals surface area contributed by atoms with Crippen molar-refractivity contribution in [3.63, 3.8) is 0 Å². The molecule has 0 saturated carbocycles. The Bertz CT molecular complexity index is 680. The first-order valence-electron chi connectivity index (χ1n) is 6.53. The summed E-state index contributed by atoms with van der Waals surface area (Å²) in [4.78, 5) is 16.4. The summed E-state index contributed by atoms with van der Waals surface area (Å²) < 4.78 is 1.72. The number of benzene rings is 1. The van der Waals surface area contributed by atoms with Crippen molar-refractivity contribution >= 4 is 28.8 Å². The Labute approximate surface area is 128 Å². The maximum absolute atomic E-state index is 11.9. The van der Waals surface area contributed by atoms with Crippen LogP contribution in [0.1, 0.15) is 23.6 Å². The number of hydrogen-bond donors (Lipinski definition) is 2. The van der Waals surface area contributed by atoms with Gasteiger partial charge in [-0.3, -0.25) is 4.79 Å². The van der Waals surface area contributed by atoms with Gasteiger partial charge in [0, 0.05) is 17.7 Å². The minimum atomic E-state index is -0.0948. The number of anilines is 1. The Morgan fingerprint density at radius 1 is 1.43 bits per heavy atom. The van der Waals surface area contributed by atoms with Crippen LogP contribution in [-0.4, -0.2) is 25.7 Å². The molecule has 1 aromatic heterocycles. The summed E-state index contributed by atoms with van der Waals surface area (Å²) in [6.45, 7) is 4.18. The highest BCUT2D eigenvalue weighted by molar-refractivity contribution is 7.80. The Morgan fingerprint density at radius 3 is 2.81 bits per heavy atom. The summed E-state index contributed by atoms with van der Waals surface area (Å²) in [5.74, 6) is 1.41. The second kappa shape index (κ2) is 6.45. The number of carbonyl (C=O) groups excluding carboxylic acids is 1. The van der Waals surface area contributed by atoms with Crippen LogP contribution in [0.5, 0.6) is 0 Å². The third-order valence-electron chi connectivity index (χ3n) is 2.94. The number of thiocarbonyl (C=S) groups is 1. The van der Waals surface area contributed by atoms with Gasteiger partial charge < -0.3 is 11.1 Å². The monoisotopic (exact) mass is 303 g/mol. The summed E-state index contributed by atoms with van der Waals surface area (Å²) in [5.41, 5.74) is 6.97. The maximum Gasteiger partial charge on any atom is 0.226 e. The maximum atomic E-state index is 11.9. The molecule has 0 aliphatic rings. The van der Waals surface area contributed by atoms with Crippen molar-refractivity contribution in [1.82, 2.24) is 14.8 Å². The molecule has 0 aliphatic carbocycles. The first-order valence-corrected chi connectivity index (χ1v) is 6.94. The molecule has 3 N–H and O–H groups in total. The van der Waals surface area contributed by atoms with Crippen LogP contribution >= 0.6 is 12.2 Å². The first kappa shape index (κ1) is 15.1. The van der Waals surface area contributed by atoms with Crippen LogP contribution in [0.3, 0.4) is 0 Å². The summed E-state index contributed by atoms with van der Waals surface area (Å²) in [7, 11) is 0. The SMILES string of the molecule is Cc1nc(C)n(CCC(=O)Nc2cccc(C(N)=S)c2)n1. The van der Waals surface area contributed by atoms with E-state index in [4.69, 9.17) is 18.0 Å². The van der Waals surface area contributed by atoms with Crippen molar-refractivity contribution in [2.45, 2.75) is 26.8 Å². The Morgan fingerprint density at radius 2 is 2.19 bits per heavy atom. The van der Waals surface area contributed by atoms with Crippen LogP contribution < -0.4 is 11.1 Å². The molecule has 1 heterocycles. The van der Waals surface area contributed by atoms with Crippen molar-refractivity contribution in [1.29, 1.82) is 0 Å². The predicted molar refractivity (Wildman–Crippen MR) is 85.1 cm³/mol. The van der Waals surface area contributed by atoms with E-state index in [2.05, 4.69) is 15.4 Å². The Hall–Kier alpha value is -2.28. The van der Waals surface area contributed by atoms with Gasteiger partial charge in [-0.25, -0.2) is 9.67 Å². The average Bonchev–Trinajstić information content (AvgIpc) is 2.75. The summed E-state index contributed by atoms with van der Waals surface area (Å²) in [6, 6.07) is 7.16. The van der Waals surface area contributed by atoms with Crippen LogP contribution in [0.15, 0.2) is 24.3 Å². The largest absolute Gasteiger partial charge is 0.389 e. The lowest BCUT2D eigenvalue weighted by Crippen LogP contribution is -2.16. The van der Waals surface area contributed by atoms with Crippen LogP contribution in [0.2, 0.25) is 0 Å². The van der Waals surface area contributed by atoms with E-state index in [-0.39, 0.29) is 5.91 Å². The molecule has 7 heteroatoms. The van der Waals surface area contributed by atoms with E-state index in [1.54, 1.807) is 28.9 Å². The summed E-state index contributed by atoms with van der Waals surface area (Å²) in [6.07, 6.45) is 0.320. The number of amides is 1. The number of nitrogens with two attached hydrogens (primary N) is 1. The van der Waals surface area contributed by atoms with Crippen LogP contribution in [0.25, 0.3) is 0 Å². The standard InChI is InChI=1S/C14H17N5OS/c1-9-16-10(2)19(18-9)7-6-13(20)17-12-5-3-4-11(8-12)14(15)21/h3-5,8H,6-7H2,1-2H3,(H2,15,21)(H,17,20). The summed E-state index contributed by atoms with van der Waals surface area (Å²) >= 11 is 4.91. The van der Waals surface area contributed by atoms with Gasteiger partial charge in [-0.15, -0.1) is 0 Å². The molecule has 1 amide bonds. The molecule has 0 saturated heterocycles. The molecule has 2 aromatic rings. The predicted octanol–water partition coefficient (Wildman–Crippen LogP) is 1.56. The third kappa shape index (κ3) is 4.09. The molecule has 0 aliphatic heterocycles. The molecule has 0 fully saturated rings. The molecule has 0 spiro atoms. The van der Waals surface area contributed by atoms with Crippen LogP contribution in [-0.2, 0) is 11.3 Å². The van der Waals surface area contributed by atoms with Crippen molar-refractivity contribution in [2.24, 2.45) is 5.73 Å². The first-order chi connectivity index (χ1) is 9.95. The van der Waals surface area contributed by atoms with Gasteiger partial charge in [-0.2, -0.15) is 5.10 Å². The van der Waals surface area contributed by atoms with E-state index in [9.17, 15) is 4.79 Å². The molecule has 0 radical (unpaired) electrons. The van der Waals surface area contributed by atoms with Gasteiger partial charge in [0.1, 0.15) is 16.6 Å². The third-order valence-corrected chi connectivity index (χ3v) is 3.18. The molecule has 0 bridgehead atoms. The van der Waals surface area contributed by atoms with E-state index in [1.807, 2.05) is 13.8 Å². The zero-order chi connectivity index (χ0) is 15.4. The smallest absolute Gasteiger partial charge is 0.226 e. The van der Waals surface area contributed by atoms with Crippen LogP contribution in [0, 0.1) is 13.8 Å². The van der Waals surface area contributed by atoms with Gasteiger partial charge in [-0.1, -0.05) is 24.4 Å². The van der Waals surface area contributed by atoms with Gasteiger partial charge in [0.2, 0.25) is 5.91 Å². The fourth-order valence-corrected chi connectivity index (χ4v) is 2.08. The Balaban J connectivity index is 1.94. The molecular formula is C14H17N5OS. The summed E-state index contributed by atoms with van der Waals surface area (Å²) in [5, 5.41) is 7.04. The van der Waals surface area contributed by atoms with Gasteiger partial charge in [0.05, 0.1) is 6.54 Å². The number of aromatic nitrogens is 3. The molecule has 2 rings (SSSR count). The molecule has 6 nitrogen and oxygen atoms in total. The fraction of sp³-hybridized carbons (Fsp3) is 0.286. The molecule has 0 unspecified atom stereocenters. The minimum Gasteiger partial charge on any atom is -0.389 e. The van der Waals surface area contributed by atoms with Crippen molar-refractivity contribution in [2.75, 3.05) is 5.32 Å². The van der Waals surface area contributed by atoms with E-state index in [0.717, 1.165) is 11.4 Å². The highest BCUT2D eigenvalue weighted by atomic mass is 32.1. The molecule has 0 atom stereocenters. The lowest BCUT2D eigenvalue weighted by atomic mass is 10.2. The van der Waals surface area contributed by atoms with Gasteiger partial charge in [0.15, 0.2) is 0 Å². The number of aryl methyl sites for hydroxylation is 3. The van der Waals surface area contributed by atoms with Gasteiger partial charge >= 0.3 is 0 Å².